The Hall–Kier alpha value is -2.26. The van der Waals surface area contributed by atoms with Gasteiger partial charge in [-0.25, -0.2) is 0 Å². The summed E-state index contributed by atoms with van der Waals surface area (Å²) in [6.07, 6.45) is 5.96. The molecule has 0 amide bonds. The molecule has 0 aliphatic carbocycles. The third-order valence-corrected chi connectivity index (χ3v) is 5.77. The molecule has 1 atom stereocenters. The molecule has 3 nitrogen and oxygen atoms in total. The summed E-state index contributed by atoms with van der Waals surface area (Å²) < 4.78 is 5.75. The van der Waals surface area contributed by atoms with Crippen molar-refractivity contribution in [2.24, 2.45) is 0 Å². The third-order valence-electron chi connectivity index (χ3n) is 5.51. The van der Waals surface area contributed by atoms with Crippen LogP contribution in [0.3, 0.4) is 0 Å². The predicted molar refractivity (Wildman–Crippen MR) is 111 cm³/mol. The topological polar surface area (TPSA) is 29.3 Å². The van der Waals surface area contributed by atoms with Gasteiger partial charge in [-0.1, -0.05) is 47.1 Å². The lowest BCUT2D eigenvalue weighted by atomic mass is 9.95. The van der Waals surface area contributed by atoms with E-state index in [4.69, 9.17) is 16.1 Å². The smallest absolute Gasteiger partial charge is 0.175 e. The van der Waals surface area contributed by atoms with Gasteiger partial charge in [-0.05, 0) is 68.9 Å². The Kier molecular flexibility index (Phi) is 5.49. The highest BCUT2D eigenvalue weighted by Gasteiger charge is 2.27. The normalized spacial score (nSPS) is 17.3. The molecule has 0 spiro atoms. The van der Waals surface area contributed by atoms with Crippen LogP contribution in [-0.4, -0.2) is 17.7 Å². The minimum atomic E-state index is 0.515. The van der Waals surface area contributed by atoms with Crippen molar-refractivity contribution >= 4 is 17.4 Å². The van der Waals surface area contributed by atoms with Gasteiger partial charge in [0.15, 0.2) is 11.6 Å². The van der Waals surface area contributed by atoms with Gasteiger partial charge in [-0.15, -0.1) is 0 Å². The number of piperidine rings is 1. The molecule has 0 radical (unpaired) electrons. The lowest BCUT2D eigenvalue weighted by Crippen LogP contribution is -2.40. The van der Waals surface area contributed by atoms with Gasteiger partial charge in [0.25, 0.3) is 0 Å². The first-order valence-corrected chi connectivity index (χ1v) is 10.1. The monoisotopic (exact) mass is 380 g/mol. The average molecular weight is 381 g/mol. The van der Waals surface area contributed by atoms with E-state index < -0.39 is 0 Å². The molecule has 1 aromatic heterocycles. The molecule has 1 unspecified atom stereocenters. The minimum absolute atomic E-state index is 0.515. The van der Waals surface area contributed by atoms with E-state index in [1.807, 2.05) is 24.3 Å². The maximum Gasteiger partial charge on any atom is 0.175 e. The Morgan fingerprint density at radius 3 is 2.63 bits per heavy atom. The van der Waals surface area contributed by atoms with E-state index in [9.17, 15) is 0 Å². The van der Waals surface area contributed by atoms with Gasteiger partial charge < -0.3 is 9.42 Å². The molecular formula is C23H25ClN2O. The fourth-order valence-electron chi connectivity index (χ4n) is 4.02. The van der Waals surface area contributed by atoms with E-state index in [-0.39, 0.29) is 0 Å². The summed E-state index contributed by atoms with van der Waals surface area (Å²) >= 11 is 6.02. The van der Waals surface area contributed by atoms with Crippen molar-refractivity contribution < 1.29 is 4.52 Å². The number of aromatic nitrogens is 1. The highest BCUT2D eigenvalue weighted by Crippen LogP contribution is 2.35. The maximum absolute atomic E-state index is 6.02. The molecule has 4 heteroatoms. The largest absolute Gasteiger partial charge is 0.354 e. The van der Waals surface area contributed by atoms with E-state index in [2.05, 4.69) is 47.3 Å². The molecule has 1 saturated heterocycles. The molecule has 0 bridgehead atoms. The van der Waals surface area contributed by atoms with Crippen LogP contribution in [-0.2, 0) is 6.42 Å². The van der Waals surface area contributed by atoms with Crippen molar-refractivity contribution in [3.63, 3.8) is 0 Å². The van der Waals surface area contributed by atoms with Crippen LogP contribution in [0, 0.1) is 6.92 Å². The van der Waals surface area contributed by atoms with Crippen molar-refractivity contribution in [3.05, 3.63) is 70.7 Å². The van der Waals surface area contributed by atoms with Gasteiger partial charge in [0.2, 0.25) is 0 Å². The molecule has 1 aliphatic rings. The number of benzene rings is 2. The number of hydrogen-bond acceptors (Lipinski definition) is 3. The lowest BCUT2D eigenvalue weighted by molar-refractivity contribution is 0.403. The zero-order valence-electron chi connectivity index (χ0n) is 15.7. The zero-order valence-corrected chi connectivity index (χ0v) is 16.5. The number of halogens is 1. The van der Waals surface area contributed by atoms with E-state index in [1.165, 1.54) is 24.8 Å². The molecule has 0 saturated carbocycles. The molecule has 1 aliphatic heterocycles. The maximum atomic E-state index is 6.02. The van der Waals surface area contributed by atoms with Crippen molar-refractivity contribution in [3.8, 4) is 11.3 Å². The molecule has 27 heavy (non-hydrogen) atoms. The summed E-state index contributed by atoms with van der Waals surface area (Å²) in [5.41, 5.74) is 3.54. The lowest BCUT2D eigenvalue weighted by Gasteiger charge is -2.36. The Morgan fingerprint density at radius 2 is 1.85 bits per heavy atom. The Bertz CT molecular complexity index is 873. The summed E-state index contributed by atoms with van der Waals surface area (Å²) in [4.78, 5) is 2.46. The van der Waals surface area contributed by atoms with E-state index >= 15 is 0 Å². The Balaban J connectivity index is 1.54. The highest BCUT2D eigenvalue weighted by molar-refractivity contribution is 6.30. The quantitative estimate of drug-likeness (QED) is 0.520. The second kappa shape index (κ2) is 8.18. The number of anilines is 1. The molecular weight excluding hydrogens is 356 g/mol. The van der Waals surface area contributed by atoms with Crippen LogP contribution in [0.25, 0.3) is 11.3 Å². The van der Waals surface area contributed by atoms with Gasteiger partial charge in [0, 0.05) is 28.7 Å². The number of aryl methyl sites for hydroxylation is 1. The predicted octanol–water partition coefficient (Wildman–Crippen LogP) is 6.30. The number of hydrogen-bond donors (Lipinski definition) is 0. The van der Waals surface area contributed by atoms with Crippen LogP contribution in [0.15, 0.2) is 59.1 Å². The average Bonchev–Trinajstić information content (AvgIpc) is 3.09. The summed E-state index contributed by atoms with van der Waals surface area (Å²) in [5.74, 6) is 1.84. The summed E-state index contributed by atoms with van der Waals surface area (Å²) in [6.45, 7) is 3.16. The van der Waals surface area contributed by atoms with Crippen LogP contribution in [0.1, 0.15) is 36.8 Å². The van der Waals surface area contributed by atoms with Crippen molar-refractivity contribution in [1.82, 2.24) is 5.16 Å². The van der Waals surface area contributed by atoms with E-state index in [0.717, 1.165) is 47.1 Å². The van der Waals surface area contributed by atoms with E-state index in [0.29, 0.717) is 6.04 Å². The summed E-state index contributed by atoms with van der Waals surface area (Å²) in [5, 5.41) is 5.19. The van der Waals surface area contributed by atoms with Crippen LogP contribution in [0.2, 0.25) is 5.02 Å². The van der Waals surface area contributed by atoms with Crippen LogP contribution in [0.4, 0.5) is 5.82 Å². The fraction of sp³-hybridized carbons (Fsp3) is 0.348. The second-order valence-electron chi connectivity index (χ2n) is 7.33. The summed E-state index contributed by atoms with van der Waals surface area (Å²) in [6, 6.07) is 19.0. The SMILES string of the molecule is Cc1c(N2CCCCC2CCc2ccccc2)noc1-c1ccc(Cl)cc1. The standard InChI is InChI=1S/C23H25ClN2O/c1-17-22(19-11-13-20(24)14-12-19)27-25-23(17)26-16-6-5-9-21(26)15-10-18-7-3-2-4-8-18/h2-4,7-8,11-14,21H,5-6,9-10,15-16H2,1H3. The van der Waals surface area contributed by atoms with Crippen molar-refractivity contribution in [1.29, 1.82) is 0 Å². The summed E-state index contributed by atoms with van der Waals surface area (Å²) in [7, 11) is 0. The molecule has 1 fully saturated rings. The zero-order chi connectivity index (χ0) is 18.6. The first kappa shape index (κ1) is 18.1. The van der Waals surface area contributed by atoms with Gasteiger partial charge in [0.1, 0.15) is 0 Å². The molecule has 3 aromatic rings. The second-order valence-corrected chi connectivity index (χ2v) is 7.77. The van der Waals surface area contributed by atoms with E-state index in [1.54, 1.807) is 0 Å². The molecule has 2 aromatic carbocycles. The van der Waals surface area contributed by atoms with Crippen LogP contribution in [0.5, 0.6) is 0 Å². The van der Waals surface area contributed by atoms with Crippen LogP contribution >= 0.6 is 11.6 Å². The molecule has 2 heterocycles. The fourth-order valence-corrected chi connectivity index (χ4v) is 4.15. The minimum Gasteiger partial charge on any atom is -0.354 e. The van der Waals surface area contributed by atoms with Gasteiger partial charge >= 0.3 is 0 Å². The van der Waals surface area contributed by atoms with Crippen molar-refractivity contribution in [2.75, 3.05) is 11.4 Å². The third kappa shape index (κ3) is 4.03. The first-order chi connectivity index (χ1) is 13.2. The van der Waals surface area contributed by atoms with Gasteiger partial charge in [0.05, 0.1) is 0 Å². The molecule has 0 N–H and O–H groups in total. The van der Waals surface area contributed by atoms with Crippen molar-refractivity contribution in [2.45, 2.75) is 45.1 Å². The Morgan fingerprint density at radius 1 is 1.07 bits per heavy atom. The number of nitrogens with zero attached hydrogens (tertiary/aromatic N) is 2. The van der Waals surface area contributed by atoms with Crippen LogP contribution < -0.4 is 4.90 Å². The molecule has 4 rings (SSSR count). The first-order valence-electron chi connectivity index (χ1n) is 9.75. The molecule has 140 valence electrons. The van der Waals surface area contributed by atoms with Gasteiger partial charge in [-0.3, -0.25) is 0 Å². The highest BCUT2D eigenvalue weighted by atomic mass is 35.5. The Labute approximate surface area is 165 Å². The van der Waals surface area contributed by atoms with Gasteiger partial charge in [-0.2, -0.15) is 0 Å². The number of rotatable bonds is 5.